The summed E-state index contributed by atoms with van der Waals surface area (Å²) < 4.78 is 5.39. The van der Waals surface area contributed by atoms with Gasteiger partial charge in [-0.2, -0.15) is 4.98 Å². The van der Waals surface area contributed by atoms with Crippen LogP contribution >= 0.6 is 0 Å². The van der Waals surface area contributed by atoms with Crippen LogP contribution in [0.25, 0.3) is 11.3 Å². The molecule has 0 aliphatic heterocycles. The van der Waals surface area contributed by atoms with Crippen molar-refractivity contribution in [2.75, 3.05) is 7.11 Å². The number of benzene rings is 1. The van der Waals surface area contributed by atoms with Crippen molar-refractivity contribution >= 4 is 11.3 Å². The highest BCUT2D eigenvalue weighted by atomic mass is 16.5. The summed E-state index contributed by atoms with van der Waals surface area (Å²) in [6, 6.07) is 8.64. The first kappa shape index (κ1) is 15.5. The molecule has 0 aliphatic carbocycles. The monoisotopic (exact) mass is 310 g/mol. The van der Waals surface area contributed by atoms with Crippen molar-refractivity contribution in [2.24, 2.45) is 0 Å². The molecule has 0 saturated heterocycles. The number of fused-ring (bicyclic) bond motifs is 1. The number of ether oxygens (including phenoxy) is 1. The minimum atomic E-state index is 0.155. The molecule has 23 heavy (non-hydrogen) atoms. The average Bonchev–Trinajstić information content (AvgIpc) is 2.85. The number of methoxy groups -OCH3 is 1. The Hall–Kier alpha value is -2.43. The van der Waals surface area contributed by atoms with Gasteiger partial charge < -0.3 is 9.72 Å². The number of aryl methyl sites for hydroxylation is 1. The van der Waals surface area contributed by atoms with Gasteiger partial charge in [0.05, 0.1) is 7.11 Å². The zero-order valence-electron chi connectivity index (χ0n) is 14.3. The molecule has 5 nitrogen and oxygen atoms in total. The van der Waals surface area contributed by atoms with E-state index in [1.54, 1.807) is 7.11 Å². The second kappa shape index (κ2) is 5.65. The zero-order valence-corrected chi connectivity index (χ0v) is 14.3. The van der Waals surface area contributed by atoms with Crippen molar-refractivity contribution in [3.05, 3.63) is 46.9 Å². The highest BCUT2D eigenvalue weighted by Crippen LogP contribution is 2.24. The molecule has 3 rings (SSSR count). The van der Waals surface area contributed by atoms with E-state index in [9.17, 15) is 0 Å². The first-order chi connectivity index (χ1) is 10.9. The molecular formula is C18H22N4O. The van der Waals surface area contributed by atoms with Gasteiger partial charge in [-0.05, 0) is 23.5 Å². The maximum atomic E-state index is 5.39. The van der Waals surface area contributed by atoms with E-state index >= 15 is 0 Å². The number of nitrogens with one attached hydrogen (secondary N) is 1. The molecule has 120 valence electrons. The molecule has 0 fully saturated rings. The van der Waals surface area contributed by atoms with E-state index in [0.29, 0.717) is 23.6 Å². The molecule has 2 heterocycles. The smallest absolute Gasteiger partial charge is 0.237 e. The minimum Gasteiger partial charge on any atom is -0.480 e. The number of imidazole rings is 1. The van der Waals surface area contributed by atoms with Crippen LogP contribution in [0.3, 0.4) is 0 Å². The number of hydrogen-bond acceptors (Lipinski definition) is 4. The van der Waals surface area contributed by atoms with E-state index in [-0.39, 0.29) is 5.41 Å². The van der Waals surface area contributed by atoms with E-state index in [0.717, 1.165) is 11.5 Å². The second-order valence-corrected chi connectivity index (χ2v) is 6.80. The van der Waals surface area contributed by atoms with E-state index in [4.69, 9.17) is 4.74 Å². The molecule has 0 amide bonds. The summed E-state index contributed by atoms with van der Waals surface area (Å²) in [7, 11) is 1.61. The van der Waals surface area contributed by atoms with Crippen LogP contribution in [0.2, 0.25) is 0 Å². The van der Waals surface area contributed by atoms with Gasteiger partial charge in [0.2, 0.25) is 11.5 Å². The normalized spacial score (nSPS) is 11.9. The summed E-state index contributed by atoms with van der Waals surface area (Å²) in [5, 5.41) is 0. The number of H-pyrrole nitrogens is 1. The maximum Gasteiger partial charge on any atom is 0.237 e. The molecule has 0 saturated carbocycles. The van der Waals surface area contributed by atoms with Gasteiger partial charge in [-0.3, -0.25) is 0 Å². The largest absolute Gasteiger partial charge is 0.480 e. The van der Waals surface area contributed by atoms with Gasteiger partial charge in [0.25, 0.3) is 0 Å². The average molecular weight is 310 g/mol. The van der Waals surface area contributed by atoms with Crippen molar-refractivity contribution in [3.8, 4) is 5.88 Å². The van der Waals surface area contributed by atoms with Gasteiger partial charge >= 0.3 is 0 Å². The molecule has 0 bridgehead atoms. The predicted octanol–water partition coefficient (Wildman–Crippen LogP) is 3.56. The Morgan fingerprint density at radius 2 is 1.74 bits per heavy atom. The van der Waals surface area contributed by atoms with Gasteiger partial charge in [0.1, 0.15) is 11.5 Å². The third-order valence-corrected chi connectivity index (χ3v) is 3.87. The van der Waals surface area contributed by atoms with Gasteiger partial charge in [-0.15, -0.1) is 0 Å². The van der Waals surface area contributed by atoms with Gasteiger partial charge in [-0.1, -0.05) is 45.0 Å². The van der Waals surface area contributed by atoms with E-state index in [1.165, 1.54) is 11.1 Å². The SMILES string of the molecule is COc1nc2nc(C)[nH]c2nc1Cc1ccc(C(C)(C)C)cc1. The van der Waals surface area contributed by atoms with Crippen LogP contribution in [0.1, 0.15) is 43.4 Å². The fourth-order valence-electron chi connectivity index (χ4n) is 2.56. The maximum absolute atomic E-state index is 5.39. The van der Waals surface area contributed by atoms with Crippen LogP contribution < -0.4 is 4.74 Å². The molecule has 1 N–H and O–H groups in total. The molecule has 0 atom stereocenters. The fraction of sp³-hybridized carbons (Fsp3) is 0.389. The van der Waals surface area contributed by atoms with Crippen molar-refractivity contribution in [2.45, 2.75) is 39.5 Å². The molecule has 5 heteroatoms. The van der Waals surface area contributed by atoms with Crippen molar-refractivity contribution < 1.29 is 4.74 Å². The fourth-order valence-corrected chi connectivity index (χ4v) is 2.56. The molecular weight excluding hydrogens is 288 g/mol. The lowest BCUT2D eigenvalue weighted by Gasteiger charge is -2.19. The standard InChI is InChI=1S/C18H22N4O/c1-11-19-15-16(20-11)22-17(23-5)14(21-15)10-12-6-8-13(9-7-12)18(2,3)4/h6-9H,10H2,1-5H3,(H,19,20,21,22). The van der Waals surface area contributed by atoms with Gasteiger partial charge in [-0.25, -0.2) is 9.97 Å². The van der Waals surface area contributed by atoms with Crippen molar-refractivity contribution in [1.29, 1.82) is 0 Å². The summed E-state index contributed by atoms with van der Waals surface area (Å²) >= 11 is 0. The Kier molecular flexibility index (Phi) is 3.80. The lowest BCUT2D eigenvalue weighted by molar-refractivity contribution is 0.392. The third kappa shape index (κ3) is 3.18. The quantitative estimate of drug-likeness (QED) is 0.803. The Morgan fingerprint density at radius 1 is 1.04 bits per heavy atom. The van der Waals surface area contributed by atoms with Crippen molar-refractivity contribution in [3.63, 3.8) is 0 Å². The summed E-state index contributed by atoms with van der Waals surface area (Å²) in [4.78, 5) is 16.5. The first-order valence-corrected chi connectivity index (χ1v) is 7.73. The number of aromatic amines is 1. The number of rotatable bonds is 3. The van der Waals surface area contributed by atoms with Crippen LogP contribution in [0, 0.1) is 6.92 Å². The number of hydrogen-bond donors (Lipinski definition) is 1. The molecule has 0 unspecified atom stereocenters. The Morgan fingerprint density at radius 3 is 2.35 bits per heavy atom. The highest BCUT2D eigenvalue weighted by molar-refractivity contribution is 5.66. The van der Waals surface area contributed by atoms with Crippen LogP contribution in [0.5, 0.6) is 5.88 Å². The van der Waals surface area contributed by atoms with Crippen LogP contribution in [-0.4, -0.2) is 27.0 Å². The molecule has 0 spiro atoms. The van der Waals surface area contributed by atoms with Crippen LogP contribution in [-0.2, 0) is 11.8 Å². The summed E-state index contributed by atoms with van der Waals surface area (Å²) in [5.74, 6) is 1.33. The van der Waals surface area contributed by atoms with Crippen LogP contribution in [0.4, 0.5) is 0 Å². The summed E-state index contributed by atoms with van der Waals surface area (Å²) in [5.41, 5.74) is 4.76. The van der Waals surface area contributed by atoms with Crippen LogP contribution in [0.15, 0.2) is 24.3 Å². The Balaban J connectivity index is 1.94. The first-order valence-electron chi connectivity index (χ1n) is 7.73. The second-order valence-electron chi connectivity index (χ2n) is 6.80. The number of aromatic nitrogens is 4. The molecule has 0 radical (unpaired) electrons. The van der Waals surface area contributed by atoms with Crippen molar-refractivity contribution in [1.82, 2.24) is 19.9 Å². The lowest BCUT2D eigenvalue weighted by Crippen LogP contribution is -2.10. The zero-order chi connectivity index (χ0) is 16.6. The summed E-state index contributed by atoms with van der Waals surface area (Å²) in [6.07, 6.45) is 0.675. The van der Waals surface area contributed by atoms with E-state index in [1.807, 2.05) is 6.92 Å². The topological polar surface area (TPSA) is 63.7 Å². The van der Waals surface area contributed by atoms with Gasteiger partial charge in [0, 0.05) is 6.42 Å². The highest BCUT2D eigenvalue weighted by Gasteiger charge is 2.15. The van der Waals surface area contributed by atoms with E-state index < -0.39 is 0 Å². The molecule has 2 aromatic heterocycles. The van der Waals surface area contributed by atoms with E-state index in [2.05, 4.69) is 65.0 Å². The predicted molar refractivity (Wildman–Crippen MR) is 90.9 cm³/mol. The molecule has 3 aromatic rings. The number of nitrogens with zero attached hydrogens (tertiary/aromatic N) is 3. The summed E-state index contributed by atoms with van der Waals surface area (Å²) in [6.45, 7) is 8.53. The lowest BCUT2D eigenvalue weighted by atomic mass is 9.86. The van der Waals surface area contributed by atoms with Gasteiger partial charge in [0.15, 0.2) is 5.65 Å². The Bertz CT molecular complexity index is 829. The minimum absolute atomic E-state index is 0.155. The molecule has 1 aromatic carbocycles. The molecule has 0 aliphatic rings. The Labute approximate surface area is 136 Å². The third-order valence-electron chi connectivity index (χ3n) is 3.87.